The van der Waals surface area contributed by atoms with Crippen molar-refractivity contribution in [1.82, 2.24) is 0 Å². The second-order valence-electron chi connectivity index (χ2n) is 4.46. The maximum Gasteiger partial charge on any atom is 0.338 e. The number of esters is 1. The number of aliphatic hydroxyl groups is 3. The molecule has 0 amide bonds. The smallest absolute Gasteiger partial charge is 0.338 e. The van der Waals surface area contributed by atoms with Gasteiger partial charge in [0, 0.05) is 0 Å². The molecule has 5 atom stereocenters. The minimum Gasteiger partial charge on any atom is -0.459 e. The van der Waals surface area contributed by atoms with Gasteiger partial charge in [-0.25, -0.2) is 4.79 Å². The third-order valence-corrected chi connectivity index (χ3v) is 4.11. The molecule has 0 radical (unpaired) electrons. The molecule has 2 rings (SSSR count). The van der Waals surface area contributed by atoms with Crippen LogP contribution in [0.5, 0.6) is 0 Å². The third kappa shape index (κ3) is 3.36. The lowest BCUT2D eigenvalue weighted by Crippen LogP contribution is -2.56. The number of hydrogen-bond donors (Lipinski definition) is 3. The molecule has 1 aromatic carbocycles. The minimum absolute atomic E-state index is 0.221. The fourth-order valence-corrected chi connectivity index (χ4v) is 2.46. The Kier molecular flexibility index (Phi) is 5.11. The lowest BCUT2D eigenvalue weighted by molar-refractivity contribution is -0.247. The first-order valence-electron chi connectivity index (χ1n) is 6.06. The van der Waals surface area contributed by atoms with Gasteiger partial charge in [-0.15, -0.1) is 0 Å². The molecule has 0 spiro atoms. The molecule has 1 fully saturated rings. The summed E-state index contributed by atoms with van der Waals surface area (Å²) >= 11 is 3.07. The Morgan fingerprint density at radius 3 is 2.50 bits per heavy atom. The molecule has 0 unspecified atom stereocenters. The van der Waals surface area contributed by atoms with Crippen molar-refractivity contribution in [3.63, 3.8) is 0 Å². The van der Waals surface area contributed by atoms with Gasteiger partial charge < -0.3 is 24.8 Å². The molecule has 0 aliphatic carbocycles. The zero-order valence-electron chi connectivity index (χ0n) is 10.4. The number of aliphatic hydroxyl groups excluding tert-OH is 3. The highest BCUT2D eigenvalue weighted by atomic mass is 79.9. The van der Waals surface area contributed by atoms with E-state index in [0.717, 1.165) is 0 Å². The summed E-state index contributed by atoms with van der Waals surface area (Å²) in [6, 6.07) is 8.39. The summed E-state index contributed by atoms with van der Waals surface area (Å²) in [6.07, 6.45) is -4.70. The number of hydrogen-bond acceptors (Lipinski definition) is 6. The average Bonchev–Trinajstić information content (AvgIpc) is 2.48. The van der Waals surface area contributed by atoms with Crippen LogP contribution in [0.2, 0.25) is 0 Å². The van der Waals surface area contributed by atoms with Gasteiger partial charge in [-0.3, -0.25) is 0 Å². The van der Waals surface area contributed by atoms with Gasteiger partial charge in [-0.2, -0.15) is 0 Å². The van der Waals surface area contributed by atoms with E-state index in [1.165, 1.54) is 0 Å². The first-order valence-corrected chi connectivity index (χ1v) is 6.98. The summed E-state index contributed by atoms with van der Waals surface area (Å²) in [4.78, 5) is 11.0. The van der Waals surface area contributed by atoms with Gasteiger partial charge in [-0.1, -0.05) is 34.1 Å². The Labute approximate surface area is 124 Å². The van der Waals surface area contributed by atoms with Gasteiger partial charge in [0.15, 0.2) is 6.29 Å². The number of rotatable bonds is 3. The highest BCUT2D eigenvalue weighted by Gasteiger charge is 2.43. The van der Waals surface area contributed by atoms with Crippen LogP contribution < -0.4 is 0 Å². The molecule has 7 heteroatoms. The first kappa shape index (κ1) is 15.4. The molecular weight excluding hydrogens is 332 g/mol. The van der Waals surface area contributed by atoms with Gasteiger partial charge in [0.1, 0.15) is 18.8 Å². The Morgan fingerprint density at radius 2 is 1.85 bits per heavy atom. The Bertz CT molecular complexity index is 453. The van der Waals surface area contributed by atoms with E-state index >= 15 is 0 Å². The molecule has 110 valence electrons. The van der Waals surface area contributed by atoms with Crippen molar-refractivity contribution in [2.75, 3.05) is 6.61 Å². The second kappa shape index (κ2) is 6.64. The predicted molar refractivity (Wildman–Crippen MR) is 72.3 cm³/mol. The maximum atomic E-state index is 11.7. The monoisotopic (exact) mass is 346 g/mol. The summed E-state index contributed by atoms with van der Waals surface area (Å²) in [5.41, 5.74) is 0.383. The van der Waals surface area contributed by atoms with Crippen LogP contribution in [0.3, 0.4) is 0 Å². The van der Waals surface area contributed by atoms with Crippen LogP contribution in [0.25, 0.3) is 0 Å². The van der Waals surface area contributed by atoms with Crippen LogP contribution in [0.15, 0.2) is 30.3 Å². The van der Waals surface area contributed by atoms with E-state index < -0.39 is 35.4 Å². The Morgan fingerprint density at radius 1 is 1.20 bits per heavy atom. The summed E-state index contributed by atoms with van der Waals surface area (Å²) in [6.45, 7) is -0.221. The Balaban J connectivity index is 1.92. The number of ether oxygens (including phenoxy) is 2. The van der Waals surface area contributed by atoms with E-state index in [2.05, 4.69) is 15.9 Å². The molecule has 0 bridgehead atoms. The summed E-state index contributed by atoms with van der Waals surface area (Å²) < 4.78 is 10.0. The lowest BCUT2D eigenvalue weighted by atomic mass is 10.0. The van der Waals surface area contributed by atoms with E-state index in [-0.39, 0.29) is 6.61 Å². The van der Waals surface area contributed by atoms with Gasteiger partial charge in [-0.05, 0) is 12.1 Å². The van der Waals surface area contributed by atoms with Crippen molar-refractivity contribution < 1.29 is 29.6 Å². The predicted octanol–water partition coefficient (Wildman–Crippen LogP) is 0.0459. The van der Waals surface area contributed by atoms with Crippen LogP contribution >= 0.6 is 15.9 Å². The maximum absolute atomic E-state index is 11.7. The van der Waals surface area contributed by atoms with E-state index in [9.17, 15) is 20.1 Å². The second-order valence-corrected chi connectivity index (χ2v) is 5.51. The largest absolute Gasteiger partial charge is 0.459 e. The molecule has 1 aliphatic heterocycles. The Hall–Kier alpha value is -0.990. The molecule has 1 heterocycles. The van der Waals surface area contributed by atoms with Gasteiger partial charge in [0.05, 0.1) is 16.5 Å². The van der Waals surface area contributed by atoms with E-state index in [1.807, 2.05) is 0 Å². The zero-order valence-corrected chi connectivity index (χ0v) is 12.0. The van der Waals surface area contributed by atoms with Gasteiger partial charge in [0.2, 0.25) is 0 Å². The fraction of sp³-hybridized carbons (Fsp3) is 0.462. The number of carbonyl (C=O) groups is 1. The number of halogens is 1. The van der Waals surface area contributed by atoms with Gasteiger partial charge >= 0.3 is 5.97 Å². The molecular formula is C13H15BrO6. The summed E-state index contributed by atoms with van der Waals surface area (Å²) in [5, 5.41) is 28.8. The zero-order chi connectivity index (χ0) is 14.7. The van der Waals surface area contributed by atoms with E-state index in [4.69, 9.17) is 9.47 Å². The first-order chi connectivity index (χ1) is 9.50. The molecule has 1 saturated heterocycles. The molecule has 6 nitrogen and oxygen atoms in total. The van der Waals surface area contributed by atoms with Crippen LogP contribution in [-0.4, -0.2) is 57.3 Å². The standard InChI is InChI=1S/C13H15BrO6/c14-9-10(15)8(20-13(18)11(9)16)6-19-12(17)7-4-2-1-3-5-7/h1-5,8-11,13,15-16,18H,6H2/t8-,9-,10+,11-,13-/m1/s1. The van der Waals surface area contributed by atoms with Gasteiger partial charge in [0.25, 0.3) is 0 Å². The fourth-order valence-electron chi connectivity index (χ4n) is 1.86. The molecule has 3 N–H and O–H groups in total. The van der Waals surface area contributed by atoms with Crippen LogP contribution in [-0.2, 0) is 9.47 Å². The van der Waals surface area contributed by atoms with Crippen molar-refractivity contribution in [2.45, 2.75) is 29.4 Å². The normalized spacial score (nSPS) is 33.7. The lowest BCUT2D eigenvalue weighted by Gasteiger charge is -2.37. The van der Waals surface area contributed by atoms with Crippen molar-refractivity contribution in [2.24, 2.45) is 0 Å². The highest BCUT2D eigenvalue weighted by molar-refractivity contribution is 9.09. The number of benzene rings is 1. The van der Waals surface area contributed by atoms with Crippen LogP contribution in [0.1, 0.15) is 10.4 Å². The van der Waals surface area contributed by atoms with E-state index in [1.54, 1.807) is 30.3 Å². The van der Waals surface area contributed by atoms with Crippen molar-refractivity contribution in [1.29, 1.82) is 0 Å². The number of alkyl halides is 1. The molecule has 20 heavy (non-hydrogen) atoms. The average molecular weight is 347 g/mol. The third-order valence-electron chi connectivity index (χ3n) is 3.03. The van der Waals surface area contributed by atoms with Crippen LogP contribution in [0.4, 0.5) is 0 Å². The number of carbonyl (C=O) groups excluding carboxylic acids is 1. The summed E-state index contributed by atoms with van der Waals surface area (Å²) in [7, 11) is 0. The molecule has 0 aromatic heterocycles. The topological polar surface area (TPSA) is 96.2 Å². The molecule has 0 saturated carbocycles. The van der Waals surface area contributed by atoms with Crippen molar-refractivity contribution >= 4 is 21.9 Å². The SMILES string of the molecule is O=C(OC[C@H]1O[C@@H](O)[C@H](O)[C@H](Br)[C@H]1O)c1ccccc1. The highest BCUT2D eigenvalue weighted by Crippen LogP contribution is 2.25. The van der Waals surface area contributed by atoms with Crippen molar-refractivity contribution in [3.05, 3.63) is 35.9 Å². The molecule has 1 aromatic rings. The quantitative estimate of drug-likeness (QED) is 0.528. The van der Waals surface area contributed by atoms with Crippen molar-refractivity contribution in [3.8, 4) is 0 Å². The summed E-state index contributed by atoms with van der Waals surface area (Å²) in [5.74, 6) is -0.548. The van der Waals surface area contributed by atoms with E-state index in [0.29, 0.717) is 5.56 Å². The minimum atomic E-state index is -1.44. The van der Waals surface area contributed by atoms with Crippen LogP contribution in [0, 0.1) is 0 Å². The molecule has 1 aliphatic rings.